The lowest BCUT2D eigenvalue weighted by Crippen LogP contribution is -2.24. The van der Waals surface area contributed by atoms with E-state index in [4.69, 9.17) is 0 Å². The molecule has 1 fully saturated rings. The van der Waals surface area contributed by atoms with Gasteiger partial charge in [-0.3, -0.25) is 5.09 Å². The maximum Gasteiger partial charge on any atom is 0.415 e. The van der Waals surface area contributed by atoms with E-state index in [1.807, 2.05) is 0 Å². The molecule has 0 aromatic carbocycles. The molecule has 0 radical (unpaired) electrons. The third kappa shape index (κ3) is 2.37. The van der Waals surface area contributed by atoms with Crippen LogP contribution in [0.5, 0.6) is 0 Å². The molecule has 0 spiro atoms. The Balaban J connectivity index is 2.34. The summed E-state index contributed by atoms with van der Waals surface area (Å²) >= 11 is 0. The molecule has 0 bridgehead atoms. The van der Waals surface area contributed by atoms with Crippen LogP contribution in [0.3, 0.4) is 0 Å². The zero-order valence-electron chi connectivity index (χ0n) is 5.59. The van der Waals surface area contributed by atoms with Gasteiger partial charge >= 0.3 is 12.1 Å². The van der Waals surface area contributed by atoms with Gasteiger partial charge in [0.15, 0.2) is 0 Å². The number of hydrogen-bond donors (Lipinski definition) is 2. The van der Waals surface area contributed by atoms with Gasteiger partial charge in [0.2, 0.25) is 0 Å². The van der Waals surface area contributed by atoms with Crippen molar-refractivity contribution >= 4 is 30.0 Å². The van der Waals surface area contributed by atoms with Crippen molar-refractivity contribution in [2.45, 2.75) is 5.78 Å². The van der Waals surface area contributed by atoms with E-state index in [0.29, 0.717) is 14.9 Å². The molecule has 1 heterocycles. The Hall–Kier alpha value is -0.240. The summed E-state index contributed by atoms with van der Waals surface area (Å²) in [6.07, 6.45) is 0.0290. The first-order valence-corrected chi connectivity index (χ1v) is 4.79. The fourth-order valence-corrected chi connectivity index (χ4v) is 1.77. The molecule has 1 saturated heterocycles. The molecule has 11 heavy (non-hydrogen) atoms. The Morgan fingerprint density at radius 3 is 2.91 bits per heavy atom. The predicted molar refractivity (Wildman–Crippen MR) is 44.4 cm³/mol. The van der Waals surface area contributed by atoms with Gasteiger partial charge < -0.3 is 10.1 Å². The van der Waals surface area contributed by atoms with Crippen LogP contribution in [-0.4, -0.2) is 24.1 Å². The Labute approximate surface area is 67.7 Å². The molecule has 1 amide bonds. The lowest BCUT2D eigenvalue weighted by atomic mass is 10.7. The molecule has 1 aliphatic rings. The SMILES string of the molecule is O=C1NC(PCNP)C(=O)O1. The lowest BCUT2D eigenvalue weighted by Gasteiger charge is -2.03. The first-order chi connectivity index (χ1) is 5.24. The number of carbonyl (C=O) groups is 2. The number of ether oxygens (including phenoxy) is 1. The second-order valence-electron chi connectivity index (χ2n) is 1.87. The van der Waals surface area contributed by atoms with Gasteiger partial charge in [-0.05, 0) is 0 Å². The van der Waals surface area contributed by atoms with Gasteiger partial charge in [-0.2, -0.15) is 0 Å². The minimum Gasteiger partial charge on any atom is -0.374 e. The first-order valence-electron chi connectivity index (χ1n) is 2.93. The summed E-state index contributed by atoms with van der Waals surface area (Å²) in [5.41, 5.74) is 0. The van der Waals surface area contributed by atoms with Crippen molar-refractivity contribution in [3.05, 3.63) is 0 Å². The lowest BCUT2D eigenvalue weighted by molar-refractivity contribution is -0.133. The van der Waals surface area contributed by atoms with Crippen LogP contribution in [0.4, 0.5) is 4.79 Å². The van der Waals surface area contributed by atoms with Gasteiger partial charge in [0.1, 0.15) is 5.78 Å². The second-order valence-corrected chi connectivity index (χ2v) is 3.62. The number of esters is 1. The monoisotopic (exact) mass is 194 g/mol. The van der Waals surface area contributed by atoms with Gasteiger partial charge in [0.05, 0.1) is 0 Å². The highest BCUT2D eigenvalue weighted by Gasteiger charge is 2.31. The van der Waals surface area contributed by atoms with E-state index in [2.05, 4.69) is 24.5 Å². The zero-order chi connectivity index (χ0) is 8.27. The fourth-order valence-electron chi connectivity index (χ4n) is 0.652. The Kier molecular flexibility index (Phi) is 3.18. The van der Waals surface area contributed by atoms with Crippen molar-refractivity contribution in [2.75, 3.05) is 6.29 Å². The topological polar surface area (TPSA) is 67.4 Å². The molecule has 62 valence electrons. The van der Waals surface area contributed by atoms with E-state index in [1.165, 1.54) is 0 Å². The number of hydrogen-bond acceptors (Lipinski definition) is 4. The molecule has 0 aromatic heterocycles. The van der Waals surface area contributed by atoms with Gasteiger partial charge in [-0.15, -0.1) is 0 Å². The summed E-state index contributed by atoms with van der Waals surface area (Å²) in [5.74, 6) is -0.927. The van der Waals surface area contributed by atoms with Crippen LogP contribution in [-0.2, 0) is 9.53 Å². The number of amides is 1. The van der Waals surface area contributed by atoms with E-state index < -0.39 is 17.8 Å². The molecule has 5 nitrogen and oxygen atoms in total. The molecule has 3 atom stereocenters. The van der Waals surface area contributed by atoms with Crippen LogP contribution in [0.2, 0.25) is 0 Å². The molecule has 1 aliphatic heterocycles. The largest absolute Gasteiger partial charge is 0.415 e. The summed E-state index contributed by atoms with van der Waals surface area (Å²) in [4.78, 5) is 21.2. The van der Waals surface area contributed by atoms with E-state index in [1.54, 1.807) is 0 Å². The molecule has 7 heteroatoms. The molecular weight excluding hydrogens is 186 g/mol. The van der Waals surface area contributed by atoms with E-state index in [0.717, 1.165) is 0 Å². The summed E-state index contributed by atoms with van der Waals surface area (Å²) in [6.45, 7) is 0. The molecule has 0 aliphatic carbocycles. The zero-order valence-corrected chi connectivity index (χ0v) is 7.74. The van der Waals surface area contributed by atoms with Crippen LogP contribution in [0.1, 0.15) is 0 Å². The van der Waals surface area contributed by atoms with Gasteiger partial charge in [0, 0.05) is 6.29 Å². The number of cyclic esters (lactones) is 2. The fraction of sp³-hybridized carbons (Fsp3) is 0.500. The van der Waals surface area contributed by atoms with Gasteiger partial charge in [0.25, 0.3) is 0 Å². The third-order valence-electron chi connectivity index (χ3n) is 1.10. The summed E-state index contributed by atoms with van der Waals surface area (Å²) in [6, 6.07) is 0. The van der Waals surface area contributed by atoms with Crippen molar-refractivity contribution < 1.29 is 14.3 Å². The van der Waals surface area contributed by atoms with Crippen LogP contribution in [0.25, 0.3) is 0 Å². The first kappa shape index (κ1) is 8.85. The number of carbonyl (C=O) groups excluding carboxylic acids is 2. The molecule has 1 rings (SSSR count). The van der Waals surface area contributed by atoms with Crippen LogP contribution < -0.4 is 10.4 Å². The molecule has 0 saturated carbocycles. The Bertz CT molecular complexity index is 186. The Morgan fingerprint density at radius 1 is 1.73 bits per heavy atom. The van der Waals surface area contributed by atoms with Crippen LogP contribution in [0.15, 0.2) is 0 Å². The quantitative estimate of drug-likeness (QED) is 0.364. The minimum atomic E-state index is -0.642. The van der Waals surface area contributed by atoms with E-state index in [9.17, 15) is 9.59 Å². The van der Waals surface area contributed by atoms with Crippen LogP contribution >= 0.6 is 18.0 Å². The maximum absolute atomic E-state index is 10.8. The standard InChI is InChI=1S/C4H8N2O3P2/c7-3-2(11-1-5-10)6-4(8)9-3/h2,5,11H,1,10H2,(H,6,8). The van der Waals surface area contributed by atoms with Crippen molar-refractivity contribution in [3.63, 3.8) is 0 Å². The van der Waals surface area contributed by atoms with Crippen molar-refractivity contribution in [1.82, 2.24) is 10.4 Å². The second kappa shape index (κ2) is 3.96. The van der Waals surface area contributed by atoms with Gasteiger partial charge in [-0.1, -0.05) is 18.0 Å². The van der Waals surface area contributed by atoms with Crippen molar-refractivity contribution in [1.29, 1.82) is 0 Å². The average Bonchev–Trinajstić information content (AvgIpc) is 2.26. The van der Waals surface area contributed by atoms with E-state index in [-0.39, 0.29) is 0 Å². The molecular formula is C4H8N2O3P2. The number of rotatable bonds is 3. The van der Waals surface area contributed by atoms with Crippen molar-refractivity contribution in [2.24, 2.45) is 0 Å². The Morgan fingerprint density at radius 2 is 2.45 bits per heavy atom. The summed E-state index contributed by atoms with van der Waals surface area (Å²) in [7, 11) is 2.63. The normalized spacial score (nSPS) is 24.3. The number of nitrogens with one attached hydrogen (secondary N) is 2. The van der Waals surface area contributed by atoms with Gasteiger partial charge in [-0.25, -0.2) is 9.59 Å². The summed E-state index contributed by atoms with van der Waals surface area (Å²) in [5, 5.41) is 5.19. The molecule has 0 aromatic rings. The minimum absolute atomic E-state index is 0.314. The predicted octanol–water partition coefficient (Wildman–Crippen LogP) is -0.405. The highest BCUT2D eigenvalue weighted by Crippen LogP contribution is 2.20. The highest BCUT2D eigenvalue weighted by atomic mass is 31.1. The highest BCUT2D eigenvalue weighted by molar-refractivity contribution is 7.40. The van der Waals surface area contributed by atoms with Crippen LogP contribution in [0, 0.1) is 0 Å². The van der Waals surface area contributed by atoms with Crippen molar-refractivity contribution in [3.8, 4) is 0 Å². The molecule has 3 unspecified atom stereocenters. The smallest absolute Gasteiger partial charge is 0.374 e. The van der Waals surface area contributed by atoms with E-state index >= 15 is 0 Å². The third-order valence-corrected chi connectivity index (χ3v) is 2.91. The molecule has 2 N–H and O–H groups in total. The summed E-state index contributed by atoms with van der Waals surface area (Å²) < 4.78 is 4.25. The number of alkyl carbamates (subject to hydrolysis) is 1. The average molecular weight is 194 g/mol. The maximum atomic E-state index is 10.8.